The van der Waals surface area contributed by atoms with Gasteiger partial charge in [0, 0.05) is 12.0 Å². The Morgan fingerprint density at radius 1 is 1.67 bits per heavy atom. The molecule has 15 heavy (non-hydrogen) atoms. The van der Waals surface area contributed by atoms with Crippen molar-refractivity contribution < 1.29 is 19.0 Å². The van der Waals surface area contributed by atoms with E-state index in [4.69, 9.17) is 14.2 Å². The van der Waals surface area contributed by atoms with Gasteiger partial charge in [0.2, 0.25) is 0 Å². The predicted molar refractivity (Wildman–Crippen MR) is 55.2 cm³/mol. The number of hydrogen-bond acceptors (Lipinski definition) is 4. The number of epoxide rings is 1. The summed E-state index contributed by atoms with van der Waals surface area (Å²) in [5, 5.41) is 0. The maximum atomic E-state index is 11.3. The van der Waals surface area contributed by atoms with Gasteiger partial charge in [0.15, 0.2) is 6.79 Å². The van der Waals surface area contributed by atoms with Crippen molar-refractivity contribution in [1.29, 1.82) is 0 Å². The van der Waals surface area contributed by atoms with E-state index in [1.165, 1.54) is 0 Å². The number of carbonyl (C=O) groups is 1. The lowest BCUT2D eigenvalue weighted by Gasteiger charge is -2.08. The highest BCUT2D eigenvalue weighted by Crippen LogP contribution is 2.32. The van der Waals surface area contributed by atoms with E-state index in [1.807, 2.05) is 6.92 Å². The summed E-state index contributed by atoms with van der Waals surface area (Å²) in [5.74, 6) is -0.434. The lowest BCUT2D eigenvalue weighted by molar-refractivity contribution is -0.150. The van der Waals surface area contributed by atoms with E-state index < -0.39 is 5.97 Å². The number of rotatable bonds is 7. The molecule has 0 amide bonds. The number of hydrogen-bond donors (Lipinski definition) is 0. The molecule has 0 aliphatic carbocycles. The lowest BCUT2D eigenvalue weighted by atomic mass is 10.0. The molecule has 1 unspecified atom stereocenters. The Hall–Kier alpha value is -1.13. The molecule has 0 radical (unpaired) electrons. The summed E-state index contributed by atoms with van der Waals surface area (Å²) in [6.07, 6.45) is 2.09. The van der Waals surface area contributed by atoms with Crippen LogP contribution < -0.4 is 0 Å². The Balaban J connectivity index is 2.15. The van der Waals surface area contributed by atoms with Crippen LogP contribution in [0.1, 0.15) is 13.3 Å². The topological polar surface area (TPSA) is 48.1 Å². The fraction of sp³-hybridized carbons (Fsp3) is 0.545. The van der Waals surface area contributed by atoms with Crippen molar-refractivity contribution in [2.45, 2.75) is 18.9 Å². The molecule has 0 aromatic heterocycles. The van der Waals surface area contributed by atoms with Crippen LogP contribution in [-0.4, -0.2) is 31.6 Å². The molecule has 4 heteroatoms. The largest absolute Gasteiger partial charge is 0.435 e. The minimum absolute atomic E-state index is 0.0680. The van der Waals surface area contributed by atoms with Gasteiger partial charge in [0.1, 0.15) is 0 Å². The van der Waals surface area contributed by atoms with Crippen LogP contribution in [0.5, 0.6) is 0 Å². The minimum atomic E-state index is -0.434. The van der Waals surface area contributed by atoms with E-state index in [2.05, 4.69) is 13.2 Å². The molecule has 0 saturated carbocycles. The summed E-state index contributed by atoms with van der Waals surface area (Å²) in [5.41, 5.74) is 0.204. The van der Waals surface area contributed by atoms with Gasteiger partial charge >= 0.3 is 5.97 Å². The molecular weight excluding hydrogens is 196 g/mol. The Kier molecular flexibility index (Phi) is 4.05. The third-order valence-corrected chi connectivity index (χ3v) is 2.02. The molecule has 1 heterocycles. The molecule has 1 aliphatic rings. The highest BCUT2D eigenvalue weighted by atomic mass is 16.7. The quantitative estimate of drug-likeness (QED) is 0.160. The monoisotopic (exact) mass is 212 g/mol. The van der Waals surface area contributed by atoms with Gasteiger partial charge in [-0.15, -0.1) is 6.58 Å². The number of esters is 1. The van der Waals surface area contributed by atoms with Crippen LogP contribution in [0.4, 0.5) is 0 Å². The molecule has 84 valence electrons. The lowest BCUT2D eigenvalue weighted by Crippen LogP contribution is -2.15. The average molecular weight is 212 g/mol. The van der Waals surface area contributed by atoms with Gasteiger partial charge in [-0.05, 0) is 6.92 Å². The van der Waals surface area contributed by atoms with Crippen LogP contribution in [-0.2, 0) is 19.0 Å². The van der Waals surface area contributed by atoms with Gasteiger partial charge in [-0.1, -0.05) is 12.7 Å². The Labute approximate surface area is 89.5 Å². The first kappa shape index (κ1) is 11.9. The predicted octanol–water partition coefficient (Wildman–Crippen LogP) is 1.42. The minimum Gasteiger partial charge on any atom is -0.435 e. The second kappa shape index (κ2) is 5.09. The van der Waals surface area contributed by atoms with Crippen LogP contribution in [0.3, 0.4) is 0 Å². The first-order valence-corrected chi connectivity index (χ1v) is 4.75. The smallest absolute Gasteiger partial charge is 0.335 e. The summed E-state index contributed by atoms with van der Waals surface area (Å²) in [6.45, 7) is 10.0. The Bertz CT molecular complexity index is 266. The normalized spacial score (nSPS) is 23.3. The molecular formula is C11H16O4. The van der Waals surface area contributed by atoms with E-state index in [0.29, 0.717) is 25.2 Å². The molecule has 0 N–H and O–H groups in total. The summed E-state index contributed by atoms with van der Waals surface area (Å²) >= 11 is 0. The van der Waals surface area contributed by atoms with Gasteiger partial charge in [-0.2, -0.15) is 0 Å². The fourth-order valence-corrected chi connectivity index (χ4v) is 1.08. The van der Waals surface area contributed by atoms with Crippen molar-refractivity contribution in [2.24, 2.45) is 0 Å². The summed E-state index contributed by atoms with van der Waals surface area (Å²) in [4.78, 5) is 11.3. The zero-order chi connectivity index (χ0) is 11.3. The zero-order valence-corrected chi connectivity index (χ0v) is 8.95. The zero-order valence-electron chi connectivity index (χ0n) is 8.95. The molecule has 1 rings (SSSR count). The molecule has 4 nitrogen and oxygen atoms in total. The van der Waals surface area contributed by atoms with E-state index in [-0.39, 0.29) is 12.4 Å². The maximum absolute atomic E-state index is 11.3. The summed E-state index contributed by atoms with van der Waals surface area (Å²) < 4.78 is 14.9. The van der Waals surface area contributed by atoms with Crippen molar-refractivity contribution >= 4 is 5.97 Å². The number of ether oxygens (including phenoxy) is 3. The van der Waals surface area contributed by atoms with Gasteiger partial charge in [-0.25, -0.2) is 4.79 Å². The van der Waals surface area contributed by atoms with E-state index in [9.17, 15) is 4.79 Å². The van der Waals surface area contributed by atoms with Crippen LogP contribution >= 0.6 is 0 Å². The highest BCUT2D eigenvalue weighted by molar-refractivity contribution is 5.87. The summed E-state index contributed by atoms with van der Waals surface area (Å²) in [7, 11) is 0. The van der Waals surface area contributed by atoms with Crippen molar-refractivity contribution in [3.05, 3.63) is 24.8 Å². The molecule has 0 bridgehead atoms. The Morgan fingerprint density at radius 2 is 2.33 bits per heavy atom. The molecule has 0 aromatic carbocycles. The van der Waals surface area contributed by atoms with E-state index in [1.54, 1.807) is 6.08 Å². The number of carbonyl (C=O) groups excluding carboxylic acids is 1. The van der Waals surface area contributed by atoms with E-state index >= 15 is 0 Å². The van der Waals surface area contributed by atoms with Gasteiger partial charge in [0.05, 0.1) is 18.8 Å². The summed E-state index contributed by atoms with van der Waals surface area (Å²) in [6, 6.07) is 0. The van der Waals surface area contributed by atoms with Crippen LogP contribution in [0.15, 0.2) is 24.8 Å². The maximum Gasteiger partial charge on any atom is 0.335 e. The third kappa shape index (κ3) is 4.27. The first-order valence-electron chi connectivity index (χ1n) is 4.75. The van der Waals surface area contributed by atoms with E-state index in [0.717, 1.165) is 0 Å². The van der Waals surface area contributed by atoms with Crippen molar-refractivity contribution in [2.75, 3.05) is 20.0 Å². The molecule has 1 saturated heterocycles. The van der Waals surface area contributed by atoms with Crippen LogP contribution in [0, 0.1) is 0 Å². The molecule has 1 atom stereocenters. The van der Waals surface area contributed by atoms with Gasteiger partial charge in [-0.3, -0.25) is 0 Å². The standard InChI is InChI=1S/C11H16O4/c1-4-5-13-8-14-10(12)9(2)6-11(3)7-15-11/h4H,1-2,5-8H2,3H3. The SMILES string of the molecule is C=CCOCOC(=O)C(=C)CC1(C)CO1. The first-order chi connectivity index (χ1) is 7.07. The van der Waals surface area contributed by atoms with Gasteiger partial charge in [0.25, 0.3) is 0 Å². The third-order valence-electron chi connectivity index (χ3n) is 2.02. The Morgan fingerprint density at radius 3 is 2.87 bits per heavy atom. The van der Waals surface area contributed by atoms with Crippen LogP contribution in [0.25, 0.3) is 0 Å². The second-order valence-electron chi connectivity index (χ2n) is 3.73. The molecule has 0 spiro atoms. The average Bonchev–Trinajstić information content (AvgIpc) is 2.90. The molecule has 0 aromatic rings. The van der Waals surface area contributed by atoms with Crippen molar-refractivity contribution in [3.63, 3.8) is 0 Å². The highest BCUT2D eigenvalue weighted by Gasteiger charge is 2.40. The fourth-order valence-electron chi connectivity index (χ4n) is 1.08. The molecule has 1 aliphatic heterocycles. The van der Waals surface area contributed by atoms with Gasteiger partial charge < -0.3 is 14.2 Å². The second-order valence-corrected chi connectivity index (χ2v) is 3.73. The van der Waals surface area contributed by atoms with Crippen LogP contribution in [0.2, 0.25) is 0 Å². The molecule has 1 fully saturated rings. The van der Waals surface area contributed by atoms with Crippen molar-refractivity contribution in [1.82, 2.24) is 0 Å². The van der Waals surface area contributed by atoms with Crippen molar-refractivity contribution in [3.8, 4) is 0 Å².